The number of carboxylic acids is 1. The number of likely N-dealkylation sites (tertiary alicyclic amines) is 1. The molecule has 1 saturated heterocycles. The lowest BCUT2D eigenvalue weighted by Gasteiger charge is -2.36. The van der Waals surface area contributed by atoms with Gasteiger partial charge in [-0.3, -0.25) is 14.6 Å². The van der Waals surface area contributed by atoms with Gasteiger partial charge in [0.15, 0.2) is 11.6 Å². The highest BCUT2D eigenvalue weighted by molar-refractivity contribution is 5.69. The van der Waals surface area contributed by atoms with Gasteiger partial charge in [0.1, 0.15) is 0 Å². The van der Waals surface area contributed by atoms with Crippen molar-refractivity contribution in [3.05, 3.63) is 35.4 Å². The highest BCUT2D eigenvalue weighted by atomic mass is 19.2. The van der Waals surface area contributed by atoms with E-state index in [1.165, 1.54) is 6.07 Å². The van der Waals surface area contributed by atoms with Crippen LogP contribution in [0, 0.1) is 11.6 Å². The predicted octanol–water partition coefficient (Wildman–Crippen LogP) is 1.95. The number of piperidine rings is 1. The normalized spacial score (nSPS) is 17.3. The summed E-state index contributed by atoms with van der Waals surface area (Å²) in [5, 5.41) is 8.79. The molecule has 21 heavy (non-hydrogen) atoms. The Labute approximate surface area is 123 Å². The van der Waals surface area contributed by atoms with Crippen LogP contribution in [0.2, 0.25) is 0 Å². The first kappa shape index (κ1) is 15.9. The van der Waals surface area contributed by atoms with E-state index in [0.29, 0.717) is 6.54 Å². The smallest absolute Gasteiger partial charge is 0.317 e. The summed E-state index contributed by atoms with van der Waals surface area (Å²) in [5.41, 5.74) is 0.756. The van der Waals surface area contributed by atoms with E-state index in [0.717, 1.165) is 37.6 Å². The molecule has 1 aromatic carbocycles. The molecule has 2 rings (SSSR count). The van der Waals surface area contributed by atoms with Crippen LogP contribution >= 0.6 is 0 Å². The van der Waals surface area contributed by atoms with Gasteiger partial charge in [0, 0.05) is 12.6 Å². The van der Waals surface area contributed by atoms with Crippen molar-refractivity contribution in [1.29, 1.82) is 0 Å². The molecule has 0 amide bonds. The minimum Gasteiger partial charge on any atom is -0.480 e. The molecule has 0 saturated carbocycles. The number of carbonyl (C=O) groups is 1. The molecule has 0 aromatic heterocycles. The number of nitrogens with zero attached hydrogens (tertiary/aromatic N) is 2. The molecule has 1 fully saturated rings. The van der Waals surface area contributed by atoms with Crippen LogP contribution in [-0.2, 0) is 11.3 Å². The van der Waals surface area contributed by atoms with E-state index in [1.54, 1.807) is 6.07 Å². The Bertz CT molecular complexity index is 502. The molecule has 1 aliphatic rings. The van der Waals surface area contributed by atoms with E-state index in [9.17, 15) is 13.6 Å². The molecule has 1 heterocycles. The van der Waals surface area contributed by atoms with Crippen molar-refractivity contribution >= 4 is 5.97 Å². The van der Waals surface area contributed by atoms with Crippen molar-refractivity contribution < 1.29 is 18.7 Å². The molecule has 1 N–H and O–H groups in total. The van der Waals surface area contributed by atoms with Crippen LogP contribution in [0.4, 0.5) is 8.78 Å². The molecular weight excluding hydrogens is 278 g/mol. The fraction of sp³-hybridized carbons (Fsp3) is 0.533. The van der Waals surface area contributed by atoms with Crippen molar-refractivity contribution in [2.24, 2.45) is 0 Å². The third kappa shape index (κ3) is 4.47. The lowest BCUT2D eigenvalue weighted by Crippen LogP contribution is -2.44. The zero-order chi connectivity index (χ0) is 15.4. The number of benzene rings is 1. The monoisotopic (exact) mass is 298 g/mol. The molecule has 0 atom stereocenters. The second-order valence-electron chi connectivity index (χ2n) is 5.56. The number of halogens is 2. The highest BCUT2D eigenvalue weighted by Gasteiger charge is 2.23. The average Bonchev–Trinajstić information content (AvgIpc) is 2.43. The van der Waals surface area contributed by atoms with Crippen LogP contribution in [0.15, 0.2) is 18.2 Å². The zero-order valence-corrected chi connectivity index (χ0v) is 12.1. The first-order valence-electron chi connectivity index (χ1n) is 7.04. The van der Waals surface area contributed by atoms with Gasteiger partial charge in [-0.2, -0.15) is 0 Å². The van der Waals surface area contributed by atoms with E-state index in [1.807, 2.05) is 11.9 Å². The Kier molecular flexibility index (Phi) is 5.25. The number of carboxylic acid groups (broad SMARTS) is 1. The Hall–Kier alpha value is -1.53. The second kappa shape index (κ2) is 6.95. The van der Waals surface area contributed by atoms with Crippen molar-refractivity contribution in [3.8, 4) is 0 Å². The molecule has 4 nitrogen and oxygen atoms in total. The standard InChI is InChI=1S/C15H20F2N2O2/c1-18(10-15(20)21)12-4-6-19(7-5-12)9-11-2-3-13(16)14(17)8-11/h2-3,8,12H,4-7,9-10H2,1H3,(H,20,21). The topological polar surface area (TPSA) is 43.8 Å². The van der Waals surface area contributed by atoms with E-state index in [-0.39, 0.29) is 12.6 Å². The Morgan fingerprint density at radius 3 is 2.57 bits per heavy atom. The van der Waals surface area contributed by atoms with Crippen molar-refractivity contribution in [2.75, 3.05) is 26.7 Å². The van der Waals surface area contributed by atoms with Gasteiger partial charge >= 0.3 is 5.97 Å². The minimum atomic E-state index is -0.826. The molecular formula is C15H20F2N2O2. The van der Waals surface area contributed by atoms with Crippen molar-refractivity contribution in [3.63, 3.8) is 0 Å². The van der Waals surface area contributed by atoms with Gasteiger partial charge < -0.3 is 5.11 Å². The minimum absolute atomic E-state index is 0.0494. The number of hydrogen-bond acceptors (Lipinski definition) is 3. The van der Waals surface area contributed by atoms with Crippen LogP contribution in [0.1, 0.15) is 18.4 Å². The van der Waals surface area contributed by atoms with E-state index in [2.05, 4.69) is 4.90 Å². The lowest BCUT2D eigenvalue weighted by molar-refractivity contribution is -0.138. The number of rotatable bonds is 5. The van der Waals surface area contributed by atoms with Crippen molar-refractivity contribution in [1.82, 2.24) is 9.80 Å². The second-order valence-corrected chi connectivity index (χ2v) is 5.56. The Morgan fingerprint density at radius 2 is 2.00 bits per heavy atom. The largest absolute Gasteiger partial charge is 0.480 e. The highest BCUT2D eigenvalue weighted by Crippen LogP contribution is 2.18. The summed E-state index contributed by atoms with van der Waals surface area (Å²) in [6.07, 6.45) is 1.76. The van der Waals surface area contributed by atoms with E-state index >= 15 is 0 Å². The molecule has 1 aliphatic heterocycles. The lowest BCUT2D eigenvalue weighted by atomic mass is 10.0. The van der Waals surface area contributed by atoms with Crippen LogP contribution in [0.5, 0.6) is 0 Å². The molecule has 0 spiro atoms. The number of aliphatic carboxylic acids is 1. The fourth-order valence-electron chi connectivity index (χ4n) is 2.76. The third-order valence-corrected chi connectivity index (χ3v) is 3.96. The summed E-state index contributed by atoms with van der Waals surface area (Å²) in [6.45, 7) is 2.29. The summed E-state index contributed by atoms with van der Waals surface area (Å²) >= 11 is 0. The summed E-state index contributed by atoms with van der Waals surface area (Å²) in [4.78, 5) is 14.7. The van der Waals surface area contributed by atoms with Gasteiger partial charge in [-0.15, -0.1) is 0 Å². The van der Waals surface area contributed by atoms with E-state index < -0.39 is 17.6 Å². The van der Waals surface area contributed by atoms with Crippen LogP contribution in [-0.4, -0.2) is 53.6 Å². The molecule has 116 valence electrons. The fourth-order valence-corrected chi connectivity index (χ4v) is 2.76. The van der Waals surface area contributed by atoms with Crippen LogP contribution in [0.3, 0.4) is 0 Å². The van der Waals surface area contributed by atoms with Gasteiger partial charge in [-0.25, -0.2) is 8.78 Å². The Morgan fingerprint density at radius 1 is 1.33 bits per heavy atom. The summed E-state index contributed by atoms with van der Waals surface area (Å²) in [5.74, 6) is -2.46. The van der Waals surface area contributed by atoms with Gasteiger partial charge in [0.05, 0.1) is 6.54 Å². The SMILES string of the molecule is CN(CC(=O)O)C1CCN(Cc2ccc(F)c(F)c2)CC1. The maximum absolute atomic E-state index is 13.2. The quantitative estimate of drug-likeness (QED) is 0.902. The first-order chi connectivity index (χ1) is 9.95. The van der Waals surface area contributed by atoms with Gasteiger partial charge in [-0.1, -0.05) is 6.07 Å². The maximum Gasteiger partial charge on any atom is 0.317 e. The first-order valence-corrected chi connectivity index (χ1v) is 7.04. The molecule has 0 bridgehead atoms. The van der Waals surface area contributed by atoms with Gasteiger partial charge in [0.25, 0.3) is 0 Å². The van der Waals surface area contributed by atoms with Gasteiger partial charge in [-0.05, 0) is 50.7 Å². The van der Waals surface area contributed by atoms with Crippen LogP contribution in [0.25, 0.3) is 0 Å². The maximum atomic E-state index is 13.2. The molecule has 6 heteroatoms. The molecule has 0 radical (unpaired) electrons. The molecule has 0 unspecified atom stereocenters. The molecule has 1 aromatic rings. The number of hydrogen-bond donors (Lipinski definition) is 1. The average molecular weight is 298 g/mol. The summed E-state index contributed by atoms with van der Waals surface area (Å²) in [7, 11) is 1.82. The van der Waals surface area contributed by atoms with Crippen LogP contribution < -0.4 is 0 Å². The summed E-state index contributed by atoms with van der Waals surface area (Å²) < 4.78 is 26.0. The van der Waals surface area contributed by atoms with Gasteiger partial charge in [0.2, 0.25) is 0 Å². The number of likely N-dealkylation sites (N-methyl/N-ethyl adjacent to an activating group) is 1. The predicted molar refractivity (Wildman–Crippen MR) is 74.9 cm³/mol. The zero-order valence-electron chi connectivity index (χ0n) is 12.1. The van der Waals surface area contributed by atoms with Crippen molar-refractivity contribution in [2.45, 2.75) is 25.4 Å². The Balaban J connectivity index is 1.83. The summed E-state index contributed by atoms with van der Waals surface area (Å²) in [6, 6.07) is 4.25. The third-order valence-electron chi connectivity index (χ3n) is 3.96. The molecule has 0 aliphatic carbocycles. The van der Waals surface area contributed by atoms with E-state index in [4.69, 9.17) is 5.11 Å².